The maximum Gasteiger partial charge on any atom is 0.0961 e. The lowest BCUT2D eigenvalue weighted by atomic mass is 10.1. The van der Waals surface area contributed by atoms with Gasteiger partial charge in [-0.2, -0.15) is 0 Å². The average molecular weight is 272 g/mol. The molecule has 0 bridgehead atoms. The van der Waals surface area contributed by atoms with Gasteiger partial charge in [0.05, 0.1) is 18.3 Å². The third-order valence-electron chi connectivity index (χ3n) is 3.04. The molecule has 0 aliphatic carbocycles. The van der Waals surface area contributed by atoms with E-state index in [-0.39, 0.29) is 11.7 Å². The maximum atomic E-state index is 6.13. The third kappa shape index (κ3) is 4.58. The van der Waals surface area contributed by atoms with Gasteiger partial charge in [0.25, 0.3) is 0 Å². The van der Waals surface area contributed by atoms with E-state index in [9.17, 15) is 0 Å². The van der Waals surface area contributed by atoms with Crippen molar-refractivity contribution in [2.75, 3.05) is 20.3 Å². The topological polar surface area (TPSA) is 44.5 Å². The Labute approximate surface area is 114 Å². The molecule has 0 saturated heterocycles. The normalized spacial score (nSPS) is 13.6. The van der Waals surface area contributed by atoms with E-state index < -0.39 is 0 Å². The molecule has 0 radical (unpaired) electrons. The van der Waals surface area contributed by atoms with Crippen molar-refractivity contribution in [1.29, 1.82) is 0 Å². The van der Waals surface area contributed by atoms with Gasteiger partial charge in [0.1, 0.15) is 0 Å². The van der Waals surface area contributed by atoms with E-state index in [1.54, 1.807) is 7.11 Å². The van der Waals surface area contributed by atoms with Crippen LogP contribution in [0.5, 0.6) is 0 Å². The Hall–Kier alpha value is -0.610. The minimum atomic E-state index is -0.181. The molecule has 1 rings (SSSR count). The van der Waals surface area contributed by atoms with Crippen molar-refractivity contribution >= 4 is 11.6 Å². The molecule has 1 atom stereocenters. The second kappa shape index (κ2) is 7.10. The Bertz CT molecular complexity index is 369. The summed E-state index contributed by atoms with van der Waals surface area (Å²) in [5.41, 5.74) is 6.50. The fourth-order valence-corrected chi connectivity index (χ4v) is 1.83. The first-order chi connectivity index (χ1) is 8.50. The van der Waals surface area contributed by atoms with Crippen molar-refractivity contribution in [3.63, 3.8) is 0 Å². The number of methoxy groups -OCH3 is 1. The first-order valence-electron chi connectivity index (χ1n) is 6.11. The van der Waals surface area contributed by atoms with Crippen molar-refractivity contribution in [1.82, 2.24) is 0 Å². The monoisotopic (exact) mass is 271 g/mol. The van der Waals surface area contributed by atoms with Crippen molar-refractivity contribution in [2.45, 2.75) is 32.0 Å². The fraction of sp³-hybridized carbons (Fsp3) is 0.571. The lowest BCUT2D eigenvalue weighted by molar-refractivity contribution is -0.0256. The molecular formula is C14H22ClNO2. The minimum absolute atomic E-state index is 0.161. The highest BCUT2D eigenvalue weighted by molar-refractivity contribution is 6.31. The summed E-state index contributed by atoms with van der Waals surface area (Å²) in [7, 11) is 1.70. The molecule has 0 heterocycles. The van der Waals surface area contributed by atoms with Crippen LogP contribution in [0.3, 0.4) is 0 Å². The molecule has 2 N–H and O–H groups in total. The van der Waals surface area contributed by atoms with E-state index in [1.165, 1.54) is 0 Å². The third-order valence-corrected chi connectivity index (χ3v) is 3.39. The molecule has 4 heteroatoms. The van der Waals surface area contributed by atoms with Crippen molar-refractivity contribution < 1.29 is 9.47 Å². The van der Waals surface area contributed by atoms with Gasteiger partial charge < -0.3 is 15.2 Å². The second-order valence-electron chi connectivity index (χ2n) is 4.83. The van der Waals surface area contributed by atoms with Gasteiger partial charge in [0.2, 0.25) is 0 Å². The Morgan fingerprint density at radius 2 is 2.00 bits per heavy atom. The summed E-state index contributed by atoms with van der Waals surface area (Å²) in [6.07, 6.45) is 0.649. The highest BCUT2D eigenvalue weighted by Gasteiger charge is 2.18. The summed E-state index contributed by atoms with van der Waals surface area (Å²) in [5.74, 6) is 0. The van der Waals surface area contributed by atoms with Crippen LogP contribution in [0.1, 0.15) is 31.9 Å². The number of rotatable bonds is 7. The Morgan fingerprint density at radius 3 is 2.56 bits per heavy atom. The van der Waals surface area contributed by atoms with Gasteiger partial charge in [-0.3, -0.25) is 0 Å². The summed E-state index contributed by atoms with van der Waals surface area (Å²) in [6.45, 7) is 5.07. The molecule has 0 saturated carbocycles. The zero-order valence-corrected chi connectivity index (χ0v) is 12.0. The van der Waals surface area contributed by atoms with Gasteiger partial charge in [-0.1, -0.05) is 29.8 Å². The van der Waals surface area contributed by atoms with Crippen molar-refractivity contribution in [3.05, 3.63) is 34.9 Å². The van der Waals surface area contributed by atoms with Crippen LogP contribution < -0.4 is 5.73 Å². The standard InChI is InChI=1S/C14H22ClNO2/c1-14(2,17-3)8-9-18-13(10-16)11-6-4-5-7-12(11)15/h4-7,13H,8-10,16H2,1-3H3. The zero-order valence-electron chi connectivity index (χ0n) is 11.3. The molecule has 1 aromatic rings. The number of halogens is 1. The van der Waals surface area contributed by atoms with Gasteiger partial charge in [-0.05, 0) is 26.3 Å². The van der Waals surface area contributed by atoms with Crippen LogP contribution in [0.4, 0.5) is 0 Å². The molecule has 0 spiro atoms. The number of nitrogens with two attached hydrogens (primary N) is 1. The van der Waals surface area contributed by atoms with Gasteiger partial charge in [0.15, 0.2) is 0 Å². The smallest absolute Gasteiger partial charge is 0.0961 e. The fourth-order valence-electron chi connectivity index (χ4n) is 1.57. The van der Waals surface area contributed by atoms with Crippen LogP contribution in [0.25, 0.3) is 0 Å². The van der Waals surface area contributed by atoms with E-state index in [0.29, 0.717) is 18.2 Å². The first-order valence-corrected chi connectivity index (χ1v) is 6.49. The molecule has 1 unspecified atom stereocenters. The second-order valence-corrected chi connectivity index (χ2v) is 5.24. The number of benzene rings is 1. The molecule has 0 fully saturated rings. The Balaban J connectivity index is 2.56. The summed E-state index contributed by atoms with van der Waals surface area (Å²) in [6, 6.07) is 7.63. The SMILES string of the molecule is COC(C)(C)CCOC(CN)c1ccccc1Cl. The molecule has 1 aromatic carbocycles. The zero-order chi connectivity index (χ0) is 13.6. The maximum absolute atomic E-state index is 6.13. The Morgan fingerprint density at radius 1 is 1.33 bits per heavy atom. The highest BCUT2D eigenvalue weighted by atomic mass is 35.5. The number of ether oxygens (including phenoxy) is 2. The van der Waals surface area contributed by atoms with E-state index in [2.05, 4.69) is 0 Å². The molecule has 0 aliphatic heterocycles. The van der Waals surface area contributed by atoms with Crippen LogP contribution in [0.2, 0.25) is 5.02 Å². The minimum Gasteiger partial charge on any atom is -0.379 e. The largest absolute Gasteiger partial charge is 0.379 e. The molecule has 0 aliphatic rings. The molecule has 102 valence electrons. The first kappa shape index (κ1) is 15.4. The van der Waals surface area contributed by atoms with Crippen LogP contribution in [-0.4, -0.2) is 25.9 Å². The van der Waals surface area contributed by atoms with E-state index in [0.717, 1.165) is 12.0 Å². The Kier molecular flexibility index (Phi) is 6.09. The molecular weight excluding hydrogens is 250 g/mol. The summed E-state index contributed by atoms with van der Waals surface area (Å²) in [5, 5.41) is 0.693. The van der Waals surface area contributed by atoms with Gasteiger partial charge >= 0.3 is 0 Å². The summed E-state index contributed by atoms with van der Waals surface area (Å²) < 4.78 is 11.2. The van der Waals surface area contributed by atoms with Crippen LogP contribution in [0, 0.1) is 0 Å². The van der Waals surface area contributed by atoms with Crippen molar-refractivity contribution in [3.8, 4) is 0 Å². The van der Waals surface area contributed by atoms with Crippen LogP contribution in [0.15, 0.2) is 24.3 Å². The molecule has 0 amide bonds. The van der Waals surface area contributed by atoms with Crippen LogP contribution in [-0.2, 0) is 9.47 Å². The predicted octanol–water partition coefficient (Wildman–Crippen LogP) is 3.17. The summed E-state index contributed by atoms with van der Waals surface area (Å²) >= 11 is 6.13. The van der Waals surface area contributed by atoms with Gasteiger partial charge in [-0.15, -0.1) is 0 Å². The average Bonchev–Trinajstić information content (AvgIpc) is 2.36. The quantitative estimate of drug-likeness (QED) is 0.828. The highest BCUT2D eigenvalue weighted by Crippen LogP contribution is 2.25. The summed E-state index contributed by atoms with van der Waals surface area (Å²) in [4.78, 5) is 0. The molecule has 18 heavy (non-hydrogen) atoms. The van der Waals surface area contributed by atoms with E-state index >= 15 is 0 Å². The lowest BCUT2D eigenvalue weighted by Crippen LogP contribution is -2.26. The number of hydrogen-bond acceptors (Lipinski definition) is 3. The molecule has 3 nitrogen and oxygen atoms in total. The van der Waals surface area contributed by atoms with Crippen LogP contribution >= 0.6 is 11.6 Å². The lowest BCUT2D eigenvalue weighted by Gasteiger charge is -2.24. The van der Waals surface area contributed by atoms with E-state index in [4.69, 9.17) is 26.8 Å². The van der Waals surface area contributed by atoms with E-state index in [1.807, 2.05) is 38.1 Å². The van der Waals surface area contributed by atoms with Crippen molar-refractivity contribution in [2.24, 2.45) is 5.73 Å². The predicted molar refractivity (Wildman–Crippen MR) is 74.9 cm³/mol. The van der Waals surface area contributed by atoms with Gasteiger partial charge in [0, 0.05) is 24.2 Å². The molecule has 0 aromatic heterocycles. The van der Waals surface area contributed by atoms with Gasteiger partial charge in [-0.25, -0.2) is 0 Å². The number of hydrogen-bond donors (Lipinski definition) is 1.